The monoisotopic (exact) mass is 86.1 g/mol. The Kier molecular flexibility index (Phi) is 1.59. The summed E-state index contributed by atoms with van der Waals surface area (Å²) in [4.78, 5) is 2.75. The van der Waals surface area contributed by atoms with Crippen LogP contribution in [0.1, 0.15) is 15.2 Å². The molecule has 2 heteroatoms. The van der Waals surface area contributed by atoms with Crippen molar-refractivity contribution in [3.8, 4) is 0 Å². The van der Waals surface area contributed by atoms with E-state index in [1.807, 2.05) is 13.8 Å². The van der Waals surface area contributed by atoms with E-state index in [4.69, 9.17) is 6.76 Å². The van der Waals surface area contributed by atoms with Crippen LogP contribution in [0.25, 0.3) is 4.98 Å². The summed E-state index contributed by atoms with van der Waals surface area (Å²) in [5.74, 6) is 0.116. The molecular weight excluding hydrogens is 76.1 g/mol. The highest BCUT2D eigenvalue weighted by atomic mass is 14.8. The van der Waals surface area contributed by atoms with Crippen LogP contribution in [0, 0.1) is 11.3 Å². The van der Waals surface area contributed by atoms with Crippen LogP contribution in [-0.2, 0) is 0 Å². The van der Waals surface area contributed by atoms with Crippen LogP contribution in [0.4, 0.5) is 0 Å². The molecule has 0 aromatic rings. The second kappa shape index (κ2) is 2.65. The second-order valence-electron chi connectivity index (χ2n) is 1.51. The Bertz CT molecular complexity index is 84.2. The molecule has 0 spiro atoms. The van der Waals surface area contributed by atoms with Crippen molar-refractivity contribution in [1.82, 2.24) is 0 Å². The summed E-state index contributed by atoms with van der Waals surface area (Å²) in [6, 6.07) is 0. The zero-order valence-corrected chi connectivity index (χ0v) is 4.05. The minimum absolute atomic E-state index is 0.116. The Morgan fingerprint density at radius 2 is 2.50 bits per heavy atom. The van der Waals surface area contributed by atoms with E-state index in [1.165, 1.54) is 0 Å². The van der Waals surface area contributed by atoms with E-state index in [-0.39, 0.29) is 5.92 Å². The number of nitrogens with zero attached hydrogens (tertiary/aromatic N) is 2. The summed E-state index contributed by atoms with van der Waals surface area (Å²) in [6.45, 7) is 2.99. The van der Waals surface area contributed by atoms with Gasteiger partial charge in [0.05, 0.1) is 0 Å². The lowest BCUT2D eigenvalue weighted by Crippen LogP contribution is -1.86. The van der Waals surface area contributed by atoms with Crippen LogP contribution in [0.3, 0.4) is 0 Å². The number of diazo groups is 1. The summed E-state index contributed by atoms with van der Waals surface area (Å²) in [5, 5.41) is 7.94. The van der Waals surface area contributed by atoms with Gasteiger partial charge in [0.2, 0.25) is 5.39 Å². The Labute approximate surface area is 39.2 Å². The van der Waals surface area contributed by atoms with E-state index in [9.17, 15) is 0 Å². The van der Waals surface area contributed by atoms with Gasteiger partial charge in [-0.2, -0.15) is 0 Å². The molecule has 0 aromatic carbocycles. The maximum atomic E-state index is 7.94. The molecule has 0 saturated carbocycles. The third-order valence-electron chi connectivity index (χ3n) is 0.365. The number of rotatable bonds is 1. The van der Waals surface area contributed by atoms with Crippen molar-refractivity contribution < 1.29 is 1.37 Å². The lowest BCUT2D eigenvalue weighted by molar-refractivity contribution is 0.705. The fraction of sp³-hybridized carbons (Fsp3) is 1.00. The molecule has 0 aromatic heterocycles. The highest BCUT2D eigenvalue weighted by molar-refractivity contribution is 4.56. The quantitative estimate of drug-likeness (QED) is 0.444. The Morgan fingerprint density at radius 1 is 2.00 bits per heavy atom. The van der Waals surface area contributed by atoms with Gasteiger partial charge >= 0.3 is 6.52 Å². The smallest absolute Gasteiger partial charge is 0.0553 e. The predicted molar refractivity (Wildman–Crippen MR) is 24.8 cm³/mol. The number of hydrogen-bond acceptors (Lipinski definition) is 1. The molecule has 0 saturated heterocycles. The van der Waals surface area contributed by atoms with Gasteiger partial charge in [-0.25, -0.2) is 0 Å². The average molecular weight is 86.1 g/mol. The topological polar surface area (TPSA) is 28.1 Å². The Balaban J connectivity index is 3.40. The molecule has 0 fully saturated rings. The molecular formula is C4H9N2+. The van der Waals surface area contributed by atoms with Crippen molar-refractivity contribution in [2.75, 3.05) is 6.52 Å². The first-order valence-electron chi connectivity index (χ1n) is 2.52. The molecule has 34 valence electrons. The van der Waals surface area contributed by atoms with Crippen LogP contribution in [-0.4, -0.2) is 6.52 Å². The van der Waals surface area contributed by atoms with Gasteiger partial charge in [-0.15, -0.1) is 0 Å². The van der Waals surface area contributed by atoms with Gasteiger partial charge < -0.3 is 0 Å². The number of hydrogen-bond donors (Lipinski definition) is 0. The molecule has 0 aliphatic rings. The summed E-state index contributed by atoms with van der Waals surface area (Å²) in [6.07, 6.45) is 0. The van der Waals surface area contributed by atoms with E-state index in [2.05, 4.69) is 4.98 Å². The maximum Gasteiger partial charge on any atom is 0.307 e. The normalized spacial score (nSPS) is 16.0. The Hall–Kier alpha value is -0.580. The van der Waals surface area contributed by atoms with E-state index in [0.29, 0.717) is 0 Å². The molecule has 0 unspecified atom stereocenters. The van der Waals surface area contributed by atoms with Gasteiger partial charge in [-0.3, -0.25) is 0 Å². The Morgan fingerprint density at radius 3 is 2.50 bits per heavy atom. The van der Waals surface area contributed by atoms with Crippen molar-refractivity contribution in [3.05, 3.63) is 4.98 Å². The predicted octanol–water partition coefficient (Wildman–Crippen LogP) is 1.50. The highest BCUT2D eigenvalue weighted by Gasteiger charge is 1.97. The van der Waals surface area contributed by atoms with Crippen molar-refractivity contribution in [3.63, 3.8) is 0 Å². The highest BCUT2D eigenvalue weighted by Crippen LogP contribution is 1.88. The minimum atomic E-state index is -0.667. The summed E-state index contributed by atoms with van der Waals surface area (Å²) in [7, 11) is 0. The van der Waals surface area contributed by atoms with Gasteiger partial charge in [0.1, 0.15) is 6.35 Å². The van der Waals surface area contributed by atoms with Gasteiger partial charge in [0, 0.05) is 5.92 Å². The average Bonchev–Trinajstić information content (AvgIpc) is 1.65. The van der Waals surface area contributed by atoms with E-state index in [0.717, 1.165) is 0 Å². The maximum absolute atomic E-state index is 7.94. The summed E-state index contributed by atoms with van der Waals surface area (Å²) >= 11 is 0. The summed E-state index contributed by atoms with van der Waals surface area (Å²) in [5.41, 5.74) is 0. The van der Waals surface area contributed by atoms with Crippen LogP contribution in [0.5, 0.6) is 0 Å². The molecule has 0 aliphatic heterocycles. The summed E-state index contributed by atoms with van der Waals surface area (Å²) < 4.78 is 6.86. The van der Waals surface area contributed by atoms with Gasteiger partial charge in [-0.05, 0) is 0 Å². The van der Waals surface area contributed by atoms with Crippen LogP contribution < -0.4 is 0 Å². The van der Waals surface area contributed by atoms with Crippen LogP contribution >= 0.6 is 0 Å². The molecule has 0 amide bonds. The van der Waals surface area contributed by atoms with Crippen molar-refractivity contribution in [1.29, 1.82) is 5.39 Å². The first kappa shape index (κ1) is 3.60. The molecule has 0 aliphatic carbocycles. The molecule has 6 heavy (non-hydrogen) atoms. The van der Waals surface area contributed by atoms with Crippen molar-refractivity contribution in [2.45, 2.75) is 13.8 Å². The fourth-order valence-corrected chi connectivity index (χ4v) is 0.133. The lowest BCUT2D eigenvalue weighted by Gasteiger charge is -1.78. The van der Waals surface area contributed by atoms with E-state index < -0.39 is 6.52 Å². The van der Waals surface area contributed by atoms with Gasteiger partial charge in [0.15, 0.2) is 0 Å². The van der Waals surface area contributed by atoms with E-state index >= 15 is 0 Å². The largest absolute Gasteiger partial charge is 0.307 e. The lowest BCUT2D eigenvalue weighted by atomic mass is 10.2. The minimum Gasteiger partial charge on any atom is -0.0553 e. The van der Waals surface area contributed by atoms with Crippen LogP contribution in [0.15, 0.2) is 0 Å². The van der Waals surface area contributed by atoms with Gasteiger partial charge in [-0.1, -0.05) is 13.8 Å². The molecule has 0 rings (SSSR count). The third-order valence-corrected chi connectivity index (χ3v) is 0.365. The second-order valence-corrected chi connectivity index (χ2v) is 1.51. The first-order chi connectivity index (χ1) is 3.18. The molecule has 0 N–H and O–H groups in total. The van der Waals surface area contributed by atoms with Gasteiger partial charge in [0.25, 0.3) is 0 Å². The van der Waals surface area contributed by atoms with E-state index in [1.54, 1.807) is 0 Å². The zero-order valence-electron chi connectivity index (χ0n) is 5.05. The first-order valence-corrected chi connectivity index (χ1v) is 1.95. The zero-order chi connectivity index (χ0) is 5.86. The van der Waals surface area contributed by atoms with Crippen molar-refractivity contribution >= 4 is 0 Å². The molecule has 0 heterocycles. The molecule has 2 nitrogen and oxygen atoms in total. The SMILES string of the molecule is [2H][C@@H]([N+]#N)C(C)C. The molecule has 1 atom stereocenters. The molecule has 0 bridgehead atoms. The fourth-order valence-electron chi connectivity index (χ4n) is 0.133. The standard InChI is InChI=1S/C4H9N2/c1-4(2)3-6-5/h4H,3H2,1-2H3/q+1/i3D/t3-/m1/s1. The molecule has 0 radical (unpaired) electrons. The third kappa shape index (κ3) is 3.42. The van der Waals surface area contributed by atoms with Crippen molar-refractivity contribution in [2.24, 2.45) is 5.92 Å². The van der Waals surface area contributed by atoms with Crippen LogP contribution in [0.2, 0.25) is 0 Å².